The van der Waals surface area contributed by atoms with E-state index in [1.165, 1.54) is 0 Å². The third kappa shape index (κ3) is 8.70. The van der Waals surface area contributed by atoms with Gasteiger partial charge in [0.15, 0.2) is 0 Å². The average Bonchev–Trinajstić information content (AvgIpc) is 2.37. The van der Waals surface area contributed by atoms with Crippen molar-refractivity contribution in [1.82, 2.24) is 10.6 Å². The van der Waals surface area contributed by atoms with E-state index in [1.807, 2.05) is 0 Å². The molecule has 4 nitrogen and oxygen atoms in total. The summed E-state index contributed by atoms with van der Waals surface area (Å²) in [4.78, 5) is 24.3. The Morgan fingerprint density at radius 3 is 1.62 bits per heavy atom. The topological polar surface area (TPSA) is 58.2 Å². The van der Waals surface area contributed by atoms with Crippen molar-refractivity contribution in [2.24, 2.45) is 10.8 Å². The molecular weight excluding hydrogens is 300 g/mol. The average molecular weight is 339 g/mol. The van der Waals surface area contributed by atoms with Gasteiger partial charge in [-0.15, -0.1) is 0 Å². The predicted octanol–water partition coefficient (Wildman–Crippen LogP) is 4.18. The molecule has 4 heteroatoms. The van der Waals surface area contributed by atoms with Crippen LogP contribution in [0.4, 0.5) is 0 Å². The fourth-order valence-corrected chi connectivity index (χ4v) is 3.62. The molecule has 0 saturated heterocycles. The van der Waals surface area contributed by atoms with Crippen LogP contribution in [0.25, 0.3) is 0 Å². The van der Waals surface area contributed by atoms with Crippen LogP contribution in [-0.2, 0) is 9.59 Å². The fraction of sp³-hybridized carbons (Fsp3) is 0.900. The molecule has 0 aromatic heterocycles. The maximum Gasteiger partial charge on any atom is 0.220 e. The van der Waals surface area contributed by atoms with Crippen LogP contribution in [0.15, 0.2) is 0 Å². The molecule has 0 bridgehead atoms. The van der Waals surface area contributed by atoms with E-state index in [9.17, 15) is 9.59 Å². The van der Waals surface area contributed by atoms with Crippen LogP contribution >= 0.6 is 0 Å². The highest BCUT2D eigenvalue weighted by molar-refractivity contribution is 5.77. The van der Waals surface area contributed by atoms with Crippen LogP contribution in [0.2, 0.25) is 0 Å². The molecule has 0 heterocycles. The van der Waals surface area contributed by atoms with E-state index >= 15 is 0 Å². The first-order valence-corrected chi connectivity index (χ1v) is 9.59. The monoisotopic (exact) mass is 338 g/mol. The Kier molecular flexibility index (Phi) is 7.75. The standard InChI is InChI=1S/C20H38N2O2/c1-7-12-20(5,6)14-18(24)22-16-10-8-15(9-11-16)21-17(23)13-19(2,3)4/h15-16H,7-14H2,1-6H3,(H,21,23)(H,22,24). The van der Waals surface area contributed by atoms with Gasteiger partial charge in [0.1, 0.15) is 0 Å². The van der Waals surface area contributed by atoms with Gasteiger partial charge in [-0.25, -0.2) is 0 Å². The maximum atomic E-state index is 12.2. The lowest BCUT2D eigenvalue weighted by Crippen LogP contribution is -2.44. The first-order valence-electron chi connectivity index (χ1n) is 9.59. The molecule has 1 saturated carbocycles. The number of hydrogen-bond donors (Lipinski definition) is 2. The highest BCUT2D eigenvalue weighted by Gasteiger charge is 2.27. The first-order chi connectivity index (χ1) is 11.0. The Hall–Kier alpha value is -1.06. The van der Waals surface area contributed by atoms with Gasteiger partial charge in [-0.3, -0.25) is 9.59 Å². The van der Waals surface area contributed by atoms with E-state index in [0.717, 1.165) is 38.5 Å². The van der Waals surface area contributed by atoms with Gasteiger partial charge in [0.25, 0.3) is 0 Å². The molecule has 0 aromatic carbocycles. The molecule has 0 unspecified atom stereocenters. The summed E-state index contributed by atoms with van der Waals surface area (Å²) in [6.07, 6.45) is 7.19. The fourth-order valence-electron chi connectivity index (χ4n) is 3.62. The Bertz CT molecular complexity index is 416. The molecule has 1 rings (SSSR count). The lowest BCUT2D eigenvalue weighted by Gasteiger charge is -2.31. The summed E-state index contributed by atoms with van der Waals surface area (Å²) in [6.45, 7) is 12.7. The number of carbonyl (C=O) groups is 2. The van der Waals surface area contributed by atoms with E-state index in [1.54, 1.807) is 0 Å². The van der Waals surface area contributed by atoms with E-state index in [2.05, 4.69) is 52.2 Å². The van der Waals surface area contributed by atoms with Crippen LogP contribution in [0.3, 0.4) is 0 Å². The second-order valence-electron chi connectivity index (χ2n) is 9.51. The summed E-state index contributed by atoms with van der Waals surface area (Å²) in [6, 6.07) is 0.537. The van der Waals surface area contributed by atoms with Gasteiger partial charge in [-0.05, 0) is 42.9 Å². The number of amides is 2. The zero-order valence-corrected chi connectivity index (χ0v) is 16.6. The molecule has 0 aliphatic heterocycles. The minimum atomic E-state index is 0.0283. The lowest BCUT2D eigenvalue weighted by molar-refractivity contribution is -0.125. The van der Waals surface area contributed by atoms with Gasteiger partial charge in [0.2, 0.25) is 11.8 Å². The van der Waals surface area contributed by atoms with Crippen LogP contribution in [0, 0.1) is 10.8 Å². The van der Waals surface area contributed by atoms with Crippen molar-refractivity contribution in [3.63, 3.8) is 0 Å². The Labute approximate surface area is 148 Å². The second kappa shape index (κ2) is 8.87. The molecule has 140 valence electrons. The molecule has 24 heavy (non-hydrogen) atoms. The molecule has 0 radical (unpaired) electrons. The predicted molar refractivity (Wildman–Crippen MR) is 99.7 cm³/mol. The van der Waals surface area contributed by atoms with E-state index in [0.29, 0.717) is 12.8 Å². The largest absolute Gasteiger partial charge is 0.353 e. The number of nitrogens with one attached hydrogen (secondary N) is 2. The molecule has 0 spiro atoms. The third-order valence-corrected chi connectivity index (χ3v) is 4.71. The van der Waals surface area contributed by atoms with Crippen molar-refractivity contribution in [2.45, 2.75) is 105 Å². The molecule has 1 aliphatic carbocycles. The third-order valence-electron chi connectivity index (χ3n) is 4.71. The number of rotatable bonds is 7. The normalized spacial score (nSPS) is 22.1. The van der Waals surface area contributed by atoms with Crippen molar-refractivity contribution in [1.29, 1.82) is 0 Å². The van der Waals surface area contributed by atoms with Gasteiger partial charge in [-0.1, -0.05) is 48.0 Å². The highest BCUT2D eigenvalue weighted by atomic mass is 16.2. The first kappa shape index (κ1) is 21.0. The van der Waals surface area contributed by atoms with Crippen molar-refractivity contribution < 1.29 is 9.59 Å². The summed E-state index contributed by atoms with van der Waals surface area (Å²) in [5.41, 5.74) is 0.109. The molecule has 2 amide bonds. The van der Waals surface area contributed by atoms with Gasteiger partial charge in [0, 0.05) is 24.9 Å². The summed E-state index contributed by atoms with van der Waals surface area (Å²) in [7, 11) is 0. The molecule has 1 fully saturated rings. The molecule has 2 N–H and O–H groups in total. The van der Waals surface area contributed by atoms with E-state index < -0.39 is 0 Å². The number of carbonyl (C=O) groups excluding carboxylic acids is 2. The van der Waals surface area contributed by atoms with Gasteiger partial charge >= 0.3 is 0 Å². The Balaban J connectivity index is 2.30. The zero-order chi connectivity index (χ0) is 18.4. The van der Waals surface area contributed by atoms with Crippen molar-refractivity contribution >= 4 is 11.8 Å². The van der Waals surface area contributed by atoms with Crippen LogP contribution in [0.1, 0.15) is 92.9 Å². The summed E-state index contributed by atoms with van der Waals surface area (Å²) in [5, 5.41) is 6.35. The lowest BCUT2D eigenvalue weighted by atomic mass is 9.84. The molecular formula is C20H38N2O2. The van der Waals surface area contributed by atoms with E-state index in [4.69, 9.17) is 0 Å². The van der Waals surface area contributed by atoms with Crippen molar-refractivity contribution in [2.75, 3.05) is 0 Å². The minimum Gasteiger partial charge on any atom is -0.353 e. The Morgan fingerprint density at radius 1 is 0.833 bits per heavy atom. The SMILES string of the molecule is CCCC(C)(C)CC(=O)NC1CCC(NC(=O)CC(C)(C)C)CC1. The summed E-state index contributed by atoms with van der Waals surface area (Å²) < 4.78 is 0. The van der Waals surface area contributed by atoms with Gasteiger partial charge in [-0.2, -0.15) is 0 Å². The second-order valence-corrected chi connectivity index (χ2v) is 9.51. The van der Waals surface area contributed by atoms with Crippen molar-refractivity contribution in [3.8, 4) is 0 Å². The Morgan fingerprint density at radius 2 is 1.25 bits per heavy atom. The van der Waals surface area contributed by atoms with Crippen molar-refractivity contribution in [3.05, 3.63) is 0 Å². The highest BCUT2D eigenvalue weighted by Crippen LogP contribution is 2.27. The van der Waals surface area contributed by atoms with Crippen LogP contribution in [-0.4, -0.2) is 23.9 Å². The number of hydrogen-bond acceptors (Lipinski definition) is 2. The van der Waals surface area contributed by atoms with Crippen LogP contribution < -0.4 is 10.6 Å². The molecule has 1 aliphatic rings. The summed E-state index contributed by atoms with van der Waals surface area (Å²) >= 11 is 0. The summed E-state index contributed by atoms with van der Waals surface area (Å²) in [5.74, 6) is 0.324. The maximum absolute atomic E-state index is 12.2. The minimum absolute atomic E-state index is 0.0283. The van der Waals surface area contributed by atoms with Gasteiger partial charge < -0.3 is 10.6 Å². The molecule has 0 atom stereocenters. The zero-order valence-electron chi connectivity index (χ0n) is 16.6. The van der Waals surface area contributed by atoms with Crippen LogP contribution in [0.5, 0.6) is 0 Å². The quantitative estimate of drug-likeness (QED) is 0.731. The smallest absolute Gasteiger partial charge is 0.220 e. The van der Waals surface area contributed by atoms with Gasteiger partial charge in [0.05, 0.1) is 0 Å². The van der Waals surface area contributed by atoms with E-state index in [-0.39, 0.29) is 34.7 Å². The molecule has 0 aromatic rings.